The van der Waals surface area contributed by atoms with E-state index < -0.39 is 0 Å². The molecule has 1 fully saturated rings. The average molecular weight is 400 g/mol. The number of nitrogens with two attached hydrogens (primary N) is 1. The summed E-state index contributed by atoms with van der Waals surface area (Å²) in [6.07, 6.45) is 2.20. The minimum Gasteiger partial charge on any atom is -0.395 e. The third-order valence-electron chi connectivity index (χ3n) is 3.21. The predicted octanol–water partition coefficient (Wildman–Crippen LogP) is 3.65. The molecule has 3 rings (SSSR count). The molecule has 2 aromatic rings. The first-order valence-corrected chi connectivity index (χ1v) is 7.75. The van der Waals surface area contributed by atoms with E-state index in [-0.39, 0.29) is 11.6 Å². The molecule has 1 aromatic heterocycles. The number of nitrogens with one attached hydrogen (secondary N) is 2. The van der Waals surface area contributed by atoms with Gasteiger partial charge in [-0.2, -0.15) is 5.10 Å². The second-order valence-electron chi connectivity index (χ2n) is 4.75. The number of nitrogens with zero attached hydrogens (tertiary/aromatic N) is 1. The molecule has 1 heterocycles. The van der Waals surface area contributed by atoms with Gasteiger partial charge >= 0.3 is 0 Å². The van der Waals surface area contributed by atoms with Crippen molar-refractivity contribution < 1.29 is 4.79 Å². The molecule has 1 aliphatic carbocycles. The zero-order valence-electron chi connectivity index (χ0n) is 10.4. The van der Waals surface area contributed by atoms with Crippen LogP contribution in [0.15, 0.2) is 27.1 Å². The Labute approximate surface area is 132 Å². The van der Waals surface area contributed by atoms with Gasteiger partial charge in [0.1, 0.15) is 0 Å². The SMILES string of the molecule is Nc1c(C(=O)Nc2cc(Br)ccc2Br)n[nH]c1C1CC1. The van der Waals surface area contributed by atoms with Gasteiger partial charge in [-0.3, -0.25) is 9.89 Å². The third kappa shape index (κ3) is 2.60. The molecule has 104 valence electrons. The maximum atomic E-state index is 12.2. The molecule has 5 nitrogen and oxygen atoms in total. The number of carbonyl (C=O) groups excluding carboxylic acids is 1. The molecule has 0 radical (unpaired) electrons. The lowest BCUT2D eigenvalue weighted by molar-refractivity contribution is 0.102. The van der Waals surface area contributed by atoms with Crippen LogP contribution >= 0.6 is 31.9 Å². The van der Waals surface area contributed by atoms with Gasteiger partial charge in [-0.05, 0) is 47.0 Å². The first kappa shape index (κ1) is 13.6. The number of H-pyrrole nitrogens is 1. The summed E-state index contributed by atoms with van der Waals surface area (Å²) >= 11 is 6.76. The number of halogens is 2. The Balaban J connectivity index is 1.84. The number of benzene rings is 1. The molecule has 1 saturated carbocycles. The minimum atomic E-state index is -0.315. The molecule has 7 heteroatoms. The van der Waals surface area contributed by atoms with Crippen molar-refractivity contribution in [3.63, 3.8) is 0 Å². The molecule has 0 spiro atoms. The highest BCUT2D eigenvalue weighted by Crippen LogP contribution is 2.42. The first-order valence-electron chi connectivity index (χ1n) is 6.16. The van der Waals surface area contributed by atoms with E-state index in [1.54, 1.807) is 0 Å². The van der Waals surface area contributed by atoms with Crippen LogP contribution in [0.4, 0.5) is 11.4 Å². The fourth-order valence-corrected chi connectivity index (χ4v) is 2.70. The van der Waals surface area contributed by atoms with Crippen molar-refractivity contribution in [3.05, 3.63) is 38.5 Å². The van der Waals surface area contributed by atoms with Crippen LogP contribution in [0.3, 0.4) is 0 Å². The smallest absolute Gasteiger partial charge is 0.278 e. The van der Waals surface area contributed by atoms with Crippen molar-refractivity contribution in [2.45, 2.75) is 18.8 Å². The Morgan fingerprint density at radius 2 is 2.15 bits per heavy atom. The van der Waals surface area contributed by atoms with Crippen LogP contribution in [0, 0.1) is 0 Å². The zero-order chi connectivity index (χ0) is 14.3. The van der Waals surface area contributed by atoms with Crippen LogP contribution in [0.2, 0.25) is 0 Å². The van der Waals surface area contributed by atoms with E-state index in [1.165, 1.54) is 0 Å². The quantitative estimate of drug-likeness (QED) is 0.736. The van der Waals surface area contributed by atoms with E-state index in [2.05, 4.69) is 47.4 Å². The Bertz CT molecular complexity index is 679. The van der Waals surface area contributed by atoms with Gasteiger partial charge in [0.25, 0.3) is 5.91 Å². The summed E-state index contributed by atoms with van der Waals surface area (Å²) in [5.74, 6) is 0.117. The molecule has 0 unspecified atom stereocenters. The molecule has 0 saturated heterocycles. The summed E-state index contributed by atoms with van der Waals surface area (Å²) in [5, 5.41) is 9.71. The lowest BCUT2D eigenvalue weighted by atomic mass is 10.2. The number of amides is 1. The standard InChI is InChI=1S/C13H12Br2N4O/c14-7-3-4-8(15)9(5-7)17-13(20)12-10(16)11(18-19-12)6-1-2-6/h3-6H,1-2,16H2,(H,17,20)(H,18,19). The summed E-state index contributed by atoms with van der Waals surface area (Å²) in [4.78, 5) is 12.2. The molecule has 20 heavy (non-hydrogen) atoms. The van der Waals surface area contributed by atoms with E-state index in [1.807, 2.05) is 18.2 Å². The molecular weight excluding hydrogens is 388 g/mol. The number of nitrogen functional groups attached to an aromatic ring is 1. The van der Waals surface area contributed by atoms with Crippen LogP contribution in [0.5, 0.6) is 0 Å². The van der Waals surface area contributed by atoms with Crippen molar-refractivity contribution in [1.82, 2.24) is 10.2 Å². The number of rotatable bonds is 3. The van der Waals surface area contributed by atoms with Crippen molar-refractivity contribution in [2.75, 3.05) is 11.1 Å². The molecule has 1 aliphatic rings. The van der Waals surface area contributed by atoms with Gasteiger partial charge < -0.3 is 11.1 Å². The third-order valence-corrected chi connectivity index (χ3v) is 4.40. The fraction of sp³-hybridized carbons (Fsp3) is 0.231. The van der Waals surface area contributed by atoms with E-state index in [9.17, 15) is 4.79 Å². The molecule has 0 bridgehead atoms. The molecule has 1 amide bonds. The predicted molar refractivity (Wildman–Crippen MR) is 84.8 cm³/mol. The summed E-state index contributed by atoms with van der Waals surface area (Å²) < 4.78 is 1.68. The molecule has 4 N–H and O–H groups in total. The number of anilines is 2. The highest BCUT2D eigenvalue weighted by Gasteiger charge is 2.30. The van der Waals surface area contributed by atoms with E-state index >= 15 is 0 Å². The van der Waals surface area contributed by atoms with Crippen molar-refractivity contribution >= 4 is 49.1 Å². The highest BCUT2D eigenvalue weighted by molar-refractivity contribution is 9.11. The second kappa shape index (κ2) is 5.21. The normalized spacial score (nSPS) is 14.3. The van der Waals surface area contributed by atoms with Gasteiger partial charge in [0.05, 0.1) is 17.1 Å². The van der Waals surface area contributed by atoms with E-state index in [0.29, 0.717) is 17.3 Å². The lowest BCUT2D eigenvalue weighted by Crippen LogP contribution is -2.14. The number of aromatic nitrogens is 2. The van der Waals surface area contributed by atoms with Gasteiger partial charge in [0.2, 0.25) is 0 Å². The van der Waals surface area contributed by atoms with Crippen molar-refractivity contribution in [3.8, 4) is 0 Å². The topological polar surface area (TPSA) is 83.8 Å². The van der Waals surface area contributed by atoms with Crippen LogP contribution in [0.25, 0.3) is 0 Å². The number of hydrogen-bond acceptors (Lipinski definition) is 3. The highest BCUT2D eigenvalue weighted by atomic mass is 79.9. The Hall–Kier alpha value is -1.34. The molecule has 0 atom stereocenters. The molecule has 0 aliphatic heterocycles. The first-order chi connectivity index (χ1) is 9.56. The van der Waals surface area contributed by atoms with Gasteiger partial charge in [-0.15, -0.1) is 0 Å². The lowest BCUT2D eigenvalue weighted by Gasteiger charge is -2.07. The Morgan fingerprint density at radius 3 is 2.85 bits per heavy atom. The van der Waals surface area contributed by atoms with Crippen LogP contribution in [-0.2, 0) is 0 Å². The van der Waals surface area contributed by atoms with Crippen LogP contribution in [0.1, 0.15) is 34.9 Å². The minimum absolute atomic E-state index is 0.249. The van der Waals surface area contributed by atoms with E-state index in [4.69, 9.17) is 5.73 Å². The van der Waals surface area contributed by atoms with Crippen LogP contribution < -0.4 is 11.1 Å². The largest absolute Gasteiger partial charge is 0.395 e. The number of carbonyl (C=O) groups is 1. The molecular formula is C13H12Br2N4O. The van der Waals surface area contributed by atoms with Crippen molar-refractivity contribution in [2.24, 2.45) is 0 Å². The summed E-state index contributed by atoms with van der Waals surface area (Å²) in [6, 6.07) is 5.55. The maximum absolute atomic E-state index is 12.2. The van der Waals surface area contributed by atoms with E-state index in [0.717, 1.165) is 27.5 Å². The zero-order valence-corrected chi connectivity index (χ0v) is 13.6. The van der Waals surface area contributed by atoms with Gasteiger partial charge in [-0.25, -0.2) is 0 Å². The van der Waals surface area contributed by atoms with Crippen molar-refractivity contribution in [1.29, 1.82) is 0 Å². The maximum Gasteiger partial charge on any atom is 0.278 e. The van der Waals surface area contributed by atoms with Gasteiger partial charge in [0.15, 0.2) is 5.69 Å². The monoisotopic (exact) mass is 398 g/mol. The summed E-state index contributed by atoms with van der Waals surface area (Å²) in [5.41, 5.74) is 8.24. The second-order valence-corrected chi connectivity index (χ2v) is 6.52. The van der Waals surface area contributed by atoms with Gasteiger partial charge in [-0.1, -0.05) is 15.9 Å². The number of aromatic amines is 1. The number of hydrogen-bond donors (Lipinski definition) is 3. The summed E-state index contributed by atoms with van der Waals surface area (Å²) in [6.45, 7) is 0. The van der Waals surface area contributed by atoms with Crippen LogP contribution in [-0.4, -0.2) is 16.1 Å². The average Bonchev–Trinajstić information content (AvgIpc) is 3.17. The fourth-order valence-electron chi connectivity index (χ4n) is 2.00. The Morgan fingerprint density at radius 1 is 1.40 bits per heavy atom. The summed E-state index contributed by atoms with van der Waals surface area (Å²) in [7, 11) is 0. The van der Waals surface area contributed by atoms with Gasteiger partial charge in [0, 0.05) is 14.9 Å². The Kier molecular flexibility index (Phi) is 3.55. The molecule has 1 aromatic carbocycles.